The Kier molecular flexibility index (Phi) is 3.55. The van der Waals surface area contributed by atoms with Crippen molar-refractivity contribution in [3.63, 3.8) is 0 Å². The van der Waals surface area contributed by atoms with Crippen molar-refractivity contribution in [2.45, 2.75) is 13.5 Å². The Morgan fingerprint density at radius 2 is 2.27 bits per heavy atom. The van der Waals surface area contributed by atoms with E-state index in [1.165, 1.54) is 28.2 Å². The Bertz CT molecular complexity index is 870. The highest BCUT2D eigenvalue weighted by Crippen LogP contribution is 2.21. The molecule has 0 bridgehead atoms. The number of anilines is 1. The molecule has 22 heavy (non-hydrogen) atoms. The molecule has 8 nitrogen and oxygen atoms in total. The minimum Gasteiger partial charge on any atom is -0.300 e. The molecule has 112 valence electrons. The fourth-order valence-electron chi connectivity index (χ4n) is 2.01. The number of benzene rings is 1. The Morgan fingerprint density at radius 1 is 1.45 bits per heavy atom. The first kappa shape index (κ1) is 14.1. The van der Waals surface area contributed by atoms with Gasteiger partial charge in [0.05, 0.1) is 16.6 Å². The molecule has 2 aromatic heterocycles. The van der Waals surface area contributed by atoms with Crippen LogP contribution in [-0.2, 0) is 11.3 Å². The number of non-ortho nitro benzene ring substituents is 1. The van der Waals surface area contributed by atoms with Crippen molar-refractivity contribution in [2.75, 3.05) is 5.32 Å². The van der Waals surface area contributed by atoms with Gasteiger partial charge >= 0.3 is 0 Å². The molecule has 0 unspecified atom stereocenters. The van der Waals surface area contributed by atoms with E-state index in [4.69, 9.17) is 0 Å². The quantitative estimate of drug-likeness (QED) is 0.587. The fraction of sp³-hybridized carbons (Fsp3) is 0.154. The van der Waals surface area contributed by atoms with Crippen molar-refractivity contribution in [2.24, 2.45) is 0 Å². The maximum absolute atomic E-state index is 12.0. The number of nitro benzene ring substituents is 1. The van der Waals surface area contributed by atoms with Crippen LogP contribution in [-0.4, -0.2) is 25.6 Å². The van der Waals surface area contributed by atoms with Gasteiger partial charge in [0, 0.05) is 28.6 Å². The lowest BCUT2D eigenvalue weighted by Crippen LogP contribution is -2.19. The molecule has 2 heterocycles. The van der Waals surface area contributed by atoms with Gasteiger partial charge in [-0.1, -0.05) is 0 Å². The average Bonchev–Trinajstić information content (AvgIpc) is 3.05. The molecule has 0 aliphatic carbocycles. The van der Waals surface area contributed by atoms with E-state index in [0.717, 1.165) is 10.3 Å². The Balaban J connectivity index is 1.82. The van der Waals surface area contributed by atoms with Crippen LogP contribution in [0.3, 0.4) is 0 Å². The Morgan fingerprint density at radius 3 is 2.95 bits per heavy atom. The minimum absolute atomic E-state index is 0.0368. The Labute approximate surface area is 128 Å². The summed E-state index contributed by atoms with van der Waals surface area (Å²) in [5, 5.41) is 18.9. The summed E-state index contributed by atoms with van der Waals surface area (Å²) in [6.45, 7) is 1.86. The lowest BCUT2D eigenvalue weighted by Gasteiger charge is -2.03. The highest BCUT2D eigenvalue weighted by Gasteiger charge is 2.13. The number of nitrogens with one attached hydrogen (secondary N) is 1. The molecule has 0 radical (unpaired) electrons. The zero-order valence-electron chi connectivity index (χ0n) is 11.5. The number of nitro groups is 1. The van der Waals surface area contributed by atoms with Crippen LogP contribution in [0.25, 0.3) is 10.9 Å². The van der Waals surface area contributed by atoms with E-state index in [-0.39, 0.29) is 18.1 Å². The maximum atomic E-state index is 12.0. The predicted octanol–water partition coefficient (Wildman–Crippen LogP) is 2.35. The summed E-state index contributed by atoms with van der Waals surface area (Å²) in [5.41, 5.74) is 0.505. The van der Waals surface area contributed by atoms with Crippen LogP contribution in [0, 0.1) is 17.0 Å². The largest absolute Gasteiger partial charge is 0.300 e. The smallest absolute Gasteiger partial charge is 0.271 e. The lowest BCUT2D eigenvalue weighted by molar-refractivity contribution is -0.384. The molecule has 0 spiro atoms. The van der Waals surface area contributed by atoms with Crippen LogP contribution in [0.5, 0.6) is 0 Å². The average molecular weight is 317 g/mol. The van der Waals surface area contributed by atoms with Crippen LogP contribution in [0.1, 0.15) is 4.88 Å². The van der Waals surface area contributed by atoms with Crippen molar-refractivity contribution in [3.8, 4) is 0 Å². The highest BCUT2D eigenvalue weighted by atomic mass is 32.1. The molecule has 0 fully saturated rings. The SMILES string of the molecule is Cc1cnc(NC(=O)Cn2ncc3ccc([N+](=O)[O-])cc32)s1. The van der Waals surface area contributed by atoms with Crippen LogP contribution in [0.15, 0.2) is 30.6 Å². The summed E-state index contributed by atoms with van der Waals surface area (Å²) < 4.78 is 1.43. The van der Waals surface area contributed by atoms with E-state index in [1.54, 1.807) is 18.5 Å². The molecule has 0 aliphatic rings. The number of carbonyl (C=O) groups excluding carboxylic acids is 1. The summed E-state index contributed by atoms with van der Waals surface area (Å²) >= 11 is 1.38. The van der Waals surface area contributed by atoms with E-state index in [9.17, 15) is 14.9 Å². The number of fused-ring (bicyclic) bond motifs is 1. The normalized spacial score (nSPS) is 10.8. The molecular weight excluding hydrogens is 306 g/mol. The maximum Gasteiger partial charge on any atom is 0.271 e. The molecule has 1 amide bonds. The summed E-state index contributed by atoms with van der Waals surface area (Å²) in [6, 6.07) is 4.43. The number of hydrogen-bond acceptors (Lipinski definition) is 6. The van der Waals surface area contributed by atoms with Gasteiger partial charge in [-0.2, -0.15) is 5.10 Å². The van der Waals surface area contributed by atoms with Crippen molar-refractivity contribution < 1.29 is 9.72 Å². The van der Waals surface area contributed by atoms with Crippen LogP contribution in [0.2, 0.25) is 0 Å². The lowest BCUT2D eigenvalue weighted by atomic mass is 10.2. The first-order valence-corrected chi connectivity index (χ1v) is 7.17. The Hall–Kier alpha value is -2.81. The van der Waals surface area contributed by atoms with Gasteiger partial charge in [-0.3, -0.25) is 19.6 Å². The molecule has 0 saturated heterocycles. The third-order valence-corrected chi connectivity index (χ3v) is 3.83. The van der Waals surface area contributed by atoms with Crippen LogP contribution >= 0.6 is 11.3 Å². The van der Waals surface area contributed by atoms with Gasteiger partial charge in [0.1, 0.15) is 6.54 Å². The summed E-state index contributed by atoms with van der Waals surface area (Å²) in [5.74, 6) is -0.286. The van der Waals surface area contributed by atoms with E-state index in [0.29, 0.717) is 10.6 Å². The van der Waals surface area contributed by atoms with Gasteiger partial charge in [-0.15, -0.1) is 11.3 Å². The molecule has 3 aromatic rings. The fourth-order valence-corrected chi connectivity index (χ4v) is 2.69. The zero-order chi connectivity index (χ0) is 15.7. The molecule has 1 aromatic carbocycles. The second kappa shape index (κ2) is 5.53. The number of aryl methyl sites for hydroxylation is 1. The number of carbonyl (C=O) groups is 1. The number of amides is 1. The zero-order valence-corrected chi connectivity index (χ0v) is 12.3. The summed E-state index contributed by atoms with van der Waals surface area (Å²) in [6.07, 6.45) is 3.24. The van der Waals surface area contributed by atoms with Gasteiger partial charge < -0.3 is 5.32 Å². The van der Waals surface area contributed by atoms with Gasteiger partial charge in [-0.05, 0) is 13.0 Å². The van der Waals surface area contributed by atoms with Crippen LogP contribution in [0.4, 0.5) is 10.8 Å². The number of hydrogen-bond donors (Lipinski definition) is 1. The van der Waals surface area contributed by atoms with E-state index < -0.39 is 4.92 Å². The third kappa shape index (κ3) is 2.79. The number of thiazole rings is 1. The summed E-state index contributed by atoms with van der Waals surface area (Å²) in [4.78, 5) is 27.4. The number of nitrogens with zero attached hydrogens (tertiary/aromatic N) is 4. The molecule has 9 heteroatoms. The molecule has 0 aliphatic heterocycles. The third-order valence-electron chi connectivity index (χ3n) is 3.00. The minimum atomic E-state index is -0.477. The van der Waals surface area contributed by atoms with Gasteiger partial charge in [-0.25, -0.2) is 4.98 Å². The van der Waals surface area contributed by atoms with E-state index in [2.05, 4.69) is 15.4 Å². The monoisotopic (exact) mass is 317 g/mol. The van der Waals surface area contributed by atoms with Crippen molar-refractivity contribution in [1.29, 1.82) is 0 Å². The van der Waals surface area contributed by atoms with Gasteiger partial charge in [0.2, 0.25) is 5.91 Å². The summed E-state index contributed by atoms with van der Waals surface area (Å²) in [7, 11) is 0. The van der Waals surface area contributed by atoms with E-state index in [1.807, 2.05) is 6.92 Å². The highest BCUT2D eigenvalue weighted by molar-refractivity contribution is 7.15. The topological polar surface area (TPSA) is 103 Å². The first-order chi connectivity index (χ1) is 10.5. The number of aromatic nitrogens is 3. The molecular formula is C13H11N5O3S. The standard InChI is InChI=1S/C13H11N5O3S/c1-8-5-14-13(22-8)16-12(19)7-17-11-4-10(18(20)21)3-2-9(11)6-15-17/h2-6H,7H2,1H3,(H,14,16,19). The van der Waals surface area contributed by atoms with Crippen molar-refractivity contribution in [3.05, 3.63) is 45.6 Å². The molecule has 1 N–H and O–H groups in total. The van der Waals surface area contributed by atoms with Crippen molar-refractivity contribution in [1.82, 2.24) is 14.8 Å². The second-order valence-corrected chi connectivity index (χ2v) is 5.86. The van der Waals surface area contributed by atoms with Gasteiger partial charge in [0.25, 0.3) is 5.69 Å². The molecule has 3 rings (SSSR count). The van der Waals surface area contributed by atoms with E-state index >= 15 is 0 Å². The van der Waals surface area contributed by atoms with Gasteiger partial charge in [0.15, 0.2) is 5.13 Å². The van der Waals surface area contributed by atoms with Crippen molar-refractivity contribution >= 4 is 39.0 Å². The first-order valence-electron chi connectivity index (χ1n) is 6.35. The predicted molar refractivity (Wildman–Crippen MR) is 81.9 cm³/mol. The molecule has 0 saturated carbocycles. The number of rotatable bonds is 4. The van der Waals surface area contributed by atoms with Crippen LogP contribution < -0.4 is 5.32 Å². The second-order valence-electron chi connectivity index (χ2n) is 4.63. The molecule has 0 atom stereocenters.